The minimum absolute atomic E-state index is 0.0517. The number of carbonyl (C=O) groups is 1. The first kappa shape index (κ1) is 22.5. The second-order valence-electron chi connectivity index (χ2n) is 7.13. The number of hydrogen-bond donors (Lipinski definition) is 1. The van der Waals surface area contributed by atoms with Crippen LogP contribution >= 0.6 is 0 Å². The quantitative estimate of drug-likeness (QED) is 0.401. The van der Waals surface area contributed by atoms with Gasteiger partial charge in [0, 0.05) is 31.7 Å². The average molecular weight is 407 g/mol. The van der Waals surface area contributed by atoms with Crippen molar-refractivity contribution in [2.45, 2.75) is 32.7 Å². The van der Waals surface area contributed by atoms with E-state index < -0.39 is 16.5 Å². The van der Waals surface area contributed by atoms with E-state index in [-0.39, 0.29) is 28.9 Å². The number of nitrogens with zero attached hydrogens (tertiary/aromatic N) is 2. The topological polar surface area (TPSA) is 103 Å². The molecule has 2 rings (SSSR count). The molecular weight excluding hydrogens is 378 g/mol. The third-order valence-electron chi connectivity index (χ3n) is 4.91. The van der Waals surface area contributed by atoms with Crippen molar-refractivity contribution in [3.05, 3.63) is 33.4 Å². The molecule has 0 atom stereocenters. The van der Waals surface area contributed by atoms with E-state index in [1.165, 1.54) is 33.0 Å². The van der Waals surface area contributed by atoms with Crippen molar-refractivity contribution in [2.75, 3.05) is 41.0 Å². The molecule has 1 aromatic carbocycles. The summed E-state index contributed by atoms with van der Waals surface area (Å²) in [6, 6.07) is 1.27. The monoisotopic (exact) mass is 407 g/mol. The van der Waals surface area contributed by atoms with Crippen molar-refractivity contribution < 1.29 is 23.9 Å². The van der Waals surface area contributed by atoms with Gasteiger partial charge in [0.2, 0.25) is 11.5 Å². The second kappa shape index (κ2) is 10.1. The van der Waals surface area contributed by atoms with Crippen molar-refractivity contribution in [2.24, 2.45) is 0 Å². The molecule has 1 aromatic rings. The van der Waals surface area contributed by atoms with E-state index in [1.807, 2.05) is 0 Å². The molecule has 0 bridgehead atoms. The van der Waals surface area contributed by atoms with Gasteiger partial charge in [0.15, 0.2) is 5.75 Å². The minimum atomic E-state index is -0.641. The number of methoxy groups -OCH3 is 3. The van der Waals surface area contributed by atoms with Crippen LogP contribution < -0.4 is 19.5 Å². The van der Waals surface area contributed by atoms with E-state index in [9.17, 15) is 14.9 Å². The van der Waals surface area contributed by atoms with Crippen LogP contribution in [0.15, 0.2) is 17.7 Å². The zero-order valence-electron chi connectivity index (χ0n) is 17.6. The highest BCUT2D eigenvalue weighted by Crippen LogP contribution is 2.46. The van der Waals surface area contributed by atoms with Crippen molar-refractivity contribution in [3.8, 4) is 17.2 Å². The SMILES string of the molecule is COc1cc(C(=O)NC2CCN(CC=C(C)C)CC2)c([N+](=O)[O-])c(OC)c1OC. The third-order valence-corrected chi connectivity index (χ3v) is 4.91. The smallest absolute Gasteiger partial charge is 0.327 e. The molecule has 0 spiro atoms. The maximum absolute atomic E-state index is 12.9. The Morgan fingerprint density at radius 2 is 1.83 bits per heavy atom. The van der Waals surface area contributed by atoms with Crippen molar-refractivity contribution >= 4 is 11.6 Å². The lowest BCUT2D eigenvalue weighted by molar-refractivity contribution is -0.386. The van der Waals surface area contributed by atoms with Crippen LogP contribution in [-0.2, 0) is 0 Å². The lowest BCUT2D eigenvalue weighted by atomic mass is 10.0. The number of nitrogens with one attached hydrogen (secondary N) is 1. The van der Waals surface area contributed by atoms with Gasteiger partial charge in [-0.1, -0.05) is 11.6 Å². The molecule has 29 heavy (non-hydrogen) atoms. The number of piperidine rings is 1. The number of rotatable bonds is 8. The molecule has 0 aliphatic carbocycles. The second-order valence-corrected chi connectivity index (χ2v) is 7.13. The van der Waals surface area contributed by atoms with Crippen molar-refractivity contribution in [1.29, 1.82) is 0 Å². The summed E-state index contributed by atoms with van der Waals surface area (Å²) in [5.74, 6) is -0.403. The Labute approximate surface area is 170 Å². The number of nitro benzene ring substituents is 1. The number of likely N-dealkylation sites (tertiary alicyclic amines) is 1. The first-order chi connectivity index (χ1) is 13.8. The normalized spacial score (nSPS) is 14.8. The first-order valence-electron chi connectivity index (χ1n) is 9.46. The number of benzene rings is 1. The van der Waals surface area contributed by atoms with Gasteiger partial charge in [-0.3, -0.25) is 19.8 Å². The molecule has 1 saturated heterocycles. The van der Waals surface area contributed by atoms with E-state index >= 15 is 0 Å². The Bertz CT molecular complexity index is 781. The summed E-state index contributed by atoms with van der Waals surface area (Å²) in [4.78, 5) is 26.2. The molecule has 1 aliphatic rings. The molecule has 160 valence electrons. The highest BCUT2D eigenvalue weighted by molar-refractivity contribution is 6.00. The van der Waals surface area contributed by atoms with Gasteiger partial charge in [0.05, 0.1) is 26.3 Å². The van der Waals surface area contributed by atoms with Crippen LogP contribution in [0.4, 0.5) is 5.69 Å². The Balaban J connectivity index is 2.21. The van der Waals surface area contributed by atoms with Gasteiger partial charge in [-0.05, 0) is 26.7 Å². The summed E-state index contributed by atoms with van der Waals surface area (Å²) in [5.41, 5.74) is 0.718. The Morgan fingerprint density at radius 3 is 2.31 bits per heavy atom. The summed E-state index contributed by atoms with van der Waals surface area (Å²) in [6.45, 7) is 6.73. The summed E-state index contributed by atoms with van der Waals surface area (Å²) in [6.07, 6.45) is 3.74. The highest BCUT2D eigenvalue weighted by Gasteiger charge is 2.33. The van der Waals surface area contributed by atoms with Crippen LogP contribution in [0.25, 0.3) is 0 Å². The van der Waals surface area contributed by atoms with Crippen LogP contribution in [0.3, 0.4) is 0 Å². The minimum Gasteiger partial charge on any atom is -0.493 e. The van der Waals surface area contributed by atoms with Crippen LogP contribution in [0.2, 0.25) is 0 Å². The summed E-state index contributed by atoms with van der Waals surface area (Å²) in [5, 5.41) is 14.6. The van der Waals surface area contributed by atoms with Crippen molar-refractivity contribution in [3.63, 3.8) is 0 Å². The van der Waals surface area contributed by atoms with Gasteiger partial charge in [-0.15, -0.1) is 0 Å². The summed E-state index contributed by atoms with van der Waals surface area (Å²) >= 11 is 0. The molecule has 9 nitrogen and oxygen atoms in total. The molecule has 0 saturated carbocycles. The van der Waals surface area contributed by atoms with Gasteiger partial charge in [0.25, 0.3) is 5.91 Å². The fourth-order valence-electron chi connectivity index (χ4n) is 3.33. The summed E-state index contributed by atoms with van der Waals surface area (Å²) < 4.78 is 15.6. The van der Waals surface area contributed by atoms with E-state index in [0.717, 1.165) is 32.5 Å². The molecule has 0 radical (unpaired) electrons. The first-order valence-corrected chi connectivity index (χ1v) is 9.46. The largest absolute Gasteiger partial charge is 0.493 e. The third kappa shape index (κ3) is 5.38. The Kier molecular flexibility index (Phi) is 7.83. The number of amides is 1. The van der Waals surface area contributed by atoms with E-state index in [2.05, 4.69) is 30.1 Å². The fourth-order valence-corrected chi connectivity index (χ4v) is 3.33. The average Bonchev–Trinajstić information content (AvgIpc) is 2.71. The predicted octanol–water partition coefficient (Wildman–Crippen LogP) is 2.78. The summed E-state index contributed by atoms with van der Waals surface area (Å²) in [7, 11) is 4.04. The van der Waals surface area contributed by atoms with Gasteiger partial charge in [-0.2, -0.15) is 0 Å². The Morgan fingerprint density at radius 1 is 1.21 bits per heavy atom. The molecule has 0 unspecified atom stereocenters. The number of hydrogen-bond acceptors (Lipinski definition) is 7. The van der Waals surface area contributed by atoms with Crippen LogP contribution in [0.5, 0.6) is 17.2 Å². The maximum atomic E-state index is 12.9. The van der Waals surface area contributed by atoms with E-state index in [1.54, 1.807) is 0 Å². The molecule has 1 amide bonds. The van der Waals surface area contributed by atoms with E-state index in [4.69, 9.17) is 14.2 Å². The van der Waals surface area contributed by atoms with Gasteiger partial charge >= 0.3 is 5.69 Å². The predicted molar refractivity (Wildman–Crippen MR) is 109 cm³/mol. The van der Waals surface area contributed by atoms with Crippen molar-refractivity contribution in [1.82, 2.24) is 10.2 Å². The van der Waals surface area contributed by atoms with Crippen LogP contribution in [-0.4, -0.2) is 62.7 Å². The number of carbonyl (C=O) groups excluding carboxylic acids is 1. The maximum Gasteiger partial charge on any atom is 0.327 e. The van der Waals surface area contributed by atoms with Gasteiger partial charge in [-0.25, -0.2) is 0 Å². The zero-order valence-corrected chi connectivity index (χ0v) is 17.6. The van der Waals surface area contributed by atoms with Gasteiger partial charge < -0.3 is 19.5 Å². The molecular formula is C20H29N3O6. The fraction of sp³-hybridized carbons (Fsp3) is 0.550. The molecule has 0 aromatic heterocycles. The Hall–Kier alpha value is -2.81. The molecule has 9 heteroatoms. The van der Waals surface area contributed by atoms with E-state index in [0.29, 0.717) is 0 Å². The number of allylic oxidation sites excluding steroid dienone is 1. The zero-order chi connectivity index (χ0) is 21.6. The lowest BCUT2D eigenvalue weighted by Gasteiger charge is -2.31. The number of nitro groups is 1. The molecule has 1 N–H and O–H groups in total. The number of ether oxygens (including phenoxy) is 3. The molecule has 1 aliphatic heterocycles. The van der Waals surface area contributed by atoms with Crippen LogP contribution in [0, 0.1) is 10.1 Å². The highest BCUT2D eigenvalue weighted by atomic mass is 16.6. The molecule has 1 heterocycles. The van der Waals surface area contributed by atoms with Crippen LogP contribution in [0.1, 0.15) is 37.0 Å². The standard InChI is InChI=1S/C20H29N3O6/c1-13(2)6-9-22-10-7-14(8-11-22)21-20(24)15-12-16(27-3)18(28-4)19(29-5)17(15)23(25)26/h6,12,14H,7-11H2,1-5H3,(H,21,24). The lowest BCUT2D eigenvalue weighted by Crippen LogP contribution is -2.44. The van der Waals surface area contributed by atoms with Gasteiger partial charge in [0.1, 0.15) is 5.56 Å². The molecule has 1 fully saturated rings.